The van der Waals surface area contributed by atoms with E-state index in [4.69, 9.17) is 5.14 Å². The van der Waals surface area contributed by atoms with Crippen LogP contribution < -0.4 is 10.5 Å². The summed E-state index contributed by atoms with van der Waals surface area (Å²) in [6.07, 6.45) is 1.65. The van der Waals surface area contributed by atoms with E-state index in [1.165, 1.54) is 6.07 Å². The Hall–Kier alpha value is -3.75. The zero-order chi connectivity index (χ0) is 22.0. The molecule has 0 fully saturated rings. The molecule has 0 unspecified atom stereocenters. The molecule has 0 aliphatic rings. The van der Waals surface area contributed by atoms with Crippen LogP contribution in [0.15, 0.2) is 90.0 Å². The van der Waals surface area contributed by atoms with Gasteiger partial charge < -0.3 is 5.32 Å². The highest BCUT2D eigenvalue weighted by atomic mass is 32.2. The fourth-order valence-electron chi connectivity index (χ4n) is 3.25. The molecule has 8 heteroatoms. The Morgan fingerprint density at radius 1 is 0.968 bits per heavy atom. The van der Waals surface area contributed by atoms with Gasteiger partial charge in [-0.2, -0.15) is 5.10 Å². The quantitative estimate of drug-likeness (QED) is 0.501. The number of carbonyl (C=O) groups is 1. The summed E-state index contributed by atoms with van der Waals surface area (Å²) in [5, 5.41) is 12.7. The maximum Gasteiger partial charge on any atom is 0.259 e. The van der Waals surface area contributed by atoms with Gasteiger partial charge in [0.25, 0.3) is 5.91 Å². The second-order valence-corrected chi connectivity index (χ2v) is 8.55. The van der Waals surface area contributed by atoms with Crippen molar-refractivity contribution in [1.29, 1.82) is 0 Å². The molecule has 0 spiro atoms. The van der Waals surface area contributed by atoms with Crippen molar-refractivity contribution in [3.05, 3.63) is 96.2 Å². The number of aryl methyl sites for hydroxylation is 1. The zero-order valence-corrected chi connectivity index (χ0v) is 17.5. The Morgan fingerprint density at radius 2 is 1.61 bits per heavy atom. The Morgan fingerprint density at radius 3 is 2.26 bits per heavy atom. The van der Waals surface area contributed by atoms with Crippen LogP contribution in [0.5, 0.6) is 0 Å². The Labute approximate surface area is 180 Å². The van der Waals surface area contributed by atoms with E-state index in [2.05, 4.69) is 10.4 Å². The third-order valence-corrected chi connectivity index (χ3v) is 5.83. The Kier molecular flexibility index (Phi) is 5.41. The van der Waals surface area contributed by atoms with Gasteiger partial charge in [0.1, 0.15) is 5.69 Å². The van der Waals surface area contributed by atoms with Crippen LogP contribution in [0.1, 0.15) is 15.9 Å². The van der Waals surface area contributed by atoms with Gasteiger partial charge in [0.05, 0.1) is 16.1 Å². The van der Waals surface area contributed by atoms with Crippen molar-refractivity contribution in [2.24, 2.45) is 5.14 Å². The molecule has 0 atom stereocenters. The van der Waals surface area contributed by atoms with Gasteiger partial charge in [-0.05, 0) is 36.8 Å². The highest BCUT2D eigenvalue weighted by Gasteiger charge is 2.20. The lowest BCUT2D eigenvalue weighted by Gasteiger charge is -2.09. The minimum absolute atomic E-state index is 0.0337. The van der Waals surface area contributed by atoms with Crippen molar-refractivity contribution < 1.29 is 13.2 Å². The molecular formula is C23H20N4O3S. The summed E-state index contributed by atoms with van der Waals surface area (Å²) in [5.74, 6) is -0.412. The Balaban J connectivity index is 1.75. The number of nitrogens with one attached hydrogen (secondary N) is 1. The first kappa shape index (κ1) is 20.5. The van der Waals surface area contributed by atoms with Gasteiger partial charge in [-0.1, -0.05) is 54.6 Å². The van der Waals surface area contributed by atoms with Crippen LogP contribution in [0.3, 0.4) is 0 Å². The predicted molar refractivity (Wildman–Crippen MR) is 120 cm³/mol. The lowest BCUT2D eigenvalue weighted by atomic mass is 10.1. The third kappa shape index (κ3) is 4.40. The molecule has 0 aliphatic carbocycles. The zero-order valence-electron chi connectivity index (χ0n) is 16.7. The lowest BCUT2D eigenvalue weighted by molar-refractivity contribution is 0.102. The number of nitrogens with two attached hydrogens (primary N) is 1. The molecule has 156 valence electrons. The normalized spacial score (nSPS) is 11.3. The number of nitrogens with zero attached hydrogens (tertiary/aromatic N) is 2. The van der Waals surface area contributed by atoms with Crippen molar-refractivity contribution in [2.75, 3.05) is 5.32 Å². The third-order valence-electron chi connectivity index (χ3n) is 4.78. The van der Waals surface area contributed by atoms with E-state index in [1.54, 1.807) is 29.9 Å². The smallest absolute Gasteiger partial charge is 0.259 e. The van der Waals surface area contributed by atoms with Crippen LogP contribution in [0.25, 0.3) is 16.9 Å². The van der Waals surface area contributed by atoms with E-state index in [1.807, 2.05) is 60.7 Å². The maximum atomic E-state index is 13.2. The van der Waals surface area contributed by atoms with Crippen LogP contribution >= 0.6 is 0 Å². The van der Waals surface area contributed by atoms with Gasteiger partial charge in [0.2, 0.25) is 10.0 Å². The fraction of sp³-hybridized carbons (Fsp3) is 0.0435. The van der Waals surface area contributed by atoms with Crippen LogP contribution in [0.2, 0.25) is 0 Å². The minimum atomic E-state index is -3.91. The molecule has 0 saturated heterocycles. The second-order valence-electron chi connectivity index (χ2n) is 7.02. The SMILES string of the molecule is Cc1ccc(NC(=O)c2cn(-c3ccccc3)nc2-c2ccccc2)cc1S(N)(=O)=O. The summed E-state index contributed by atoms with van der Waals surface area (Å²) >= 11 is 0. The van der Waals surface area contributed by atoms with Gasteiger partial charge in [-0.15, -0.1) is 0 Å². The van der Waals surface area contributed by atoms with Gasteiger partial charge >= 0.3 is 0 Å². The number of carbonyl (C=O) groups excluding carboxylic acids is 1. The number of para-hydroxylation sites is 1. The first-order valence-electron chi connectivity index (χ1n) is 9.48. The number of anilines is 1. The first-order chi connectivity index (χ1) is 14.8. The summed E-state index contributed by atoms with van der Waals surface area (Å²) in [7, 11) is -3.91. The molecule has 3 N–H and O–H groups in total. The second kappa shape index (κ2) is 8.17. The number of amides is 1. The summed E-state index contributed by atoms with van der Waals surface area (Å²) in [4.78, 5) is 13.1. The standard InChI is InChI=1S/C23H20N4O3S/c1-16-12-13-18(14-21(16)31(24,29)30)25-23(28)20-15-27(19-10-6-3-7-11-19)26-22(20)17-8-4-2-5-9-17/h2-15H,1H3,(H,25,28)(H2,24,29,30). The number of benzene rings is 3. The number of rotatable bonds is 5. The van der Waals surface area contributed by atoms with Crippen molar-refractivity contribution in [1.82, 2.24) is 9.78 Å². The van der Waals surface area contributed by atoms with E-state index >= 15 is 0 Å². The van der Waals surface area contributed by atoms with Gasteiger partial charge in [0, 0.05) is 17.4 Å². The Bertz CT molecular complexity index is 1350. The molecule has 0 radical (unpaired) electrons. The predicted octanol–water partition coefficient (Wildman–Crippen LogP) is 3.75. The monoisotopic (exact) mass is 432 g/mol. The molecule has 1 aromatic heterocycles. The summed E-state index contributed by atoms with van der Waals surface area (Å²) in [6.45, 7) is 1.64. The van der Waals surface area contributed by atoms with Crippen LogP contribution in [-0.4, -0.2) is 24.1 Å². The fourth-order valence-corrected chi connectivity index (χ4v) is 4.05. The molecule has 1 amide bonds. The van der Waals surface area contributed by atoms with Crippen LogP contribution in [0, 0.1) is 6.92 Å². The van der Waals surface area contributed by atoms with E-state index < -0.39 is 15.9 Å². The van der Waals surface area contributed by atoms with Crippen molar-refractivity contribution in [3.63, 3.8) is 0 Å². The average molecular weight is 433 g/mol. The highest BCUT2D eigenvalue weighted by molar-refractivity contribution is 7.89. The summed E-state index contributed by atoms with van der Waals surface area (Å²) in [5.41, 5.74) is 3.30. The summed E-state index contributed by atoms with van der Waals surface area (Å²) < 4.78 is 25.3. The van der Waals surface area contributed by atoms with Crippen molar-refractivity contribution in [3.8, 4) is 16.9 Å². The topological polar surface area (TPSA) is 107 Å². The van der Waals surface area contributed by atoms with E-state index in [-0.39, 0.29) is 4.90 Å². The van der Waals surface area contributed by atoms with E-state index in [9.17, 15) is 13.2 Å². The minimum Gasteiger partial charge on any atom is -0.322 e. The molecule has 0 bridgehead atoms. The molecule has 3 aromatic carbocycles. The highest BCUT2D eigenvalue weighted by Crippen LogP contribution is 2.25. The molecule has 4 rings (SSSR count). The van der Waals surface area contributed by atoms with Crippen molar-refractivity contribution >= 4 is 21.6 Å². The molecule has 7 nitrogen and oxygen atoms in total. The van der Waals surface area contributed by atoms with Gasteiger partial charge in [-0.3, -0.25) is 4.79 Å². The number of primary sulfonamides is 1. The molecular weight excluding hydrogens is 412 g/mol. The summed E-state index contributed by atoms with van der Waals surface area (Å²) in [6, 6.07) is 23.4. The van der Waals surface area contributed by atoms with E-state index in [0.29, 0.717) is 22.5 Å². The lowest BCUT2D eigenvalue weighted by Crippen LogP contribution is -2.16. The largest absolute Gasteiger partial charge is 0.322 e. The maximum absolute atomic E-state index is 13.2. The number of aromatic nitrogens is 2. The molecule has 0 aliphatic heterocycles. The average Bonchev–Trinajstić information content (AvgIpc) is 3.21. The number of sulfonamides is 1. The van der Waals surface area contributed by atoms with Gasteiger partial charge in [-0.25, -0.2) is 18.2 Å². The molecule has 4 aromatic rings. The first-order valence-corrected chi connectivity index (χ1v) is 11.0. The van der Waals surface area contributed by atoms with Crippen LogP contribution in [0.4, 0.5) is 5.69 Å². The van der Waals surface area contributed by atoms with Crippen LogP contribution in [-0.2, 0) is 10.0 Å². The number of hydrogen-bond donors (Lipinski definition) is 2. The van der Waals surface area contributed by atoms with Crippen molar-refractivity contribution in [2.45, 2.75) is 11.8 Å². The molecule has 1 heterocycles. The molecule has 31 heavy (non-hydrogen) atoms. The van der Waals surface area contributed by atoms with E-state index in [0.717, 1.165) is 11.3 Å². The molecule has 0 saturated carbocycles. The number of hydrogen-bond acceptors (Lipinski definition) is 4. The van der Waals surface area contributed by atoms with Gasteiger partial charge in [0.15, 0.2) is 0 Å².